The average Bonchev–Trinajstić information content (AvgIpc) is 3.06. The number of benzene rings is 2. The summed E-state index contributed by atoms with van der Waals surface area (Å²) in [6, 6.07) is 25.9. The normalized spacial score (nSPS) is 12.5. The van der Waals surface area contributed by atoms with Crippen LogP contribution in [0.4, 0.5) is 0 Å². The third kappa shape index (κ3) is 9.96. The molecule has 2 aromatic heterocycles. The first kappa shape index (κ1) is 32.8. The lowest BCUT2D eigenvalue weighted by atomic mass is 9.97. The second kappa shape index (κ2) is 16.6. The predicted octanol–water partition coefficient (Wildman–Crippen LogP) is 6.19. The Bertz CT molecular complexity index is 1510. The van der Waals surface area contributed by atoms with Crippen LogP contribution in [0.25, 0.3) is 6.08 Å². The molecular formula is C36H42N4O3S. The standard InChI is InChI=1S/C36H42N4O3S/c1-39(34(21-9-17-32-19-11-24-37-28-32)22-10-18-33-20-12-25-38-29-33)36(41)35(27-31-15-7-4-8-16-31)40(2)44(42,43)26-23-30-13-5-3-6-14-30/h3-8,11-16,19-20,23-26,28-29,34-35H,9-10,17-18,21-22,27H2,1-2H3/t35-/m0/s1. The Morgan fingerprint density at radius 2 is 1.27 bits per heavy atom. The van der Waals surface area contributed by atoms with Crippen LogP contribution in [0.3, 0.4) is 0 Å². The van der Waals surface area contributed by atoms with Gasteiger partial charge in [0, 0.05) is 50.3 Å². The van der Waals surface area contributed by atoms with Crippen LogP contribution < -0.4 is 0 Å². The summed E-state index contributed by atoms with van der Waals surface area (Å²) in [6.45, 7) is 0. The summed E-state index contributed by atoms with van der Waals surface area (Å²) in [6.07, 6.45) is 14.2. The highest BCUT2D eigenvalue weighted by molar-refractivity contribution is 7.92. The van der Waals surface area contributed by atoms with Crippen molar-refractivity contribution in [1.82, 2.24) is 19.2 Å². The van der Waals surface area contributed by atoms with E-state index in [1.807, 2.05) is 92.2 Å². The van der Waals surface area contributed by atoms with Crippen LogP contribution in [0, 0.1) is 0 Å². The monoisotopic (exact) mass is 610 g/mol. The van der Waals surface area contributed by atoms with E-state index in [2.05, 4.69) is 22.1 Å². The molecule has 0 saturated heterocycles. The highest BCUT2D eigenvalue weighted by Crippen LogP contribution is 2.21. The first-order chi connectivity index (χ1) is 21.3. The maximum absolute atomic E-state index is 14.3. The summed E-state index contributed by atoms with van der Waals surface area (Å²) >= 11 is 0. The van der Waals surface area contributed by atoms with Crippen LogP contribution in [0.15, 0.2) is 115 Å². The maximum atomic E-state index is 14.3. The van der Waals surface area contributed by atoms with E-state index in [4.69, 9.17) is 0 Å². The molecule has 0 aliphatic carbocycles. The molecule has 0 aliphatic rings. The molecule has 4 rings (SSSR count). The van der Waals surface area contributed by atoms with Crippen molar-refractivity contribution in [1.29, 1.82) is 0 Å². The van der Waals surface area contributed by atoms with E-state index in [1.165, 1.54) is 16.8 Å². The fourth-order valence-corrected chi connectivity index (χ4v) is 6.37. The van der Waals surface area contributed by atoms with Gasteiger partial charge in [-0.05, 0) is 85.4 Å². The Kier molecular flexibility index (Phi) is 12.4. The topological polar surface area (TPSA) is 83.5 Å². The fraction of sp³-hybridized carbons (Fsp3) is 0.306. The Morgan fingerprint density at radius 1 is 0.750 bits per heavy atom. The van der Waals surface area contributed by atoms with Crippen molar-refractivity contribution in [3.8, 4) is 0 Å². The lowest BCUT2D eigenvalue weighted by Gasteiger charge is -2.34. The van der Waals surface area contributed by atoms with Gasteiger partial charge in [-0.2, -0.15) is 4.31 Å². The molecule has 2 heterocycles. The van der Waals surface area contributed by atoms with Crippen molar-refractivity contribution in [3.05, 3.63) is 137 Å². The van der Waals surface area contributed by atoms with Gasteiger partial charge < -0.3 is 4.90 Å². The lowest BCUT2D eigenvalue weighted by molar-refractivity contribution is -0.136. The van der Waals surface area contributed by atoms with Crippen LogP contribution in [-0.2, 0) is 34.1 Å². The zero-order valence-electron chi connectivity index (χ0n) is 25.6. The number of hydrogen-bond donors (Lipinski definition) is 0. The molecular weight excluding hydrogens is 568 g/mol. The molecule has 0 bridgehead atoms. The number of pyridine rings is 2. The molecule has 4 aromatic rings. The number of aryl methyl sites for hydroxylation is 2. The van der Waals surface area contributed by atoms with Gasteiger partial charge >= 0.3 is 0 Å². The minimum absolute atomic E-state index is 0.0509. The summed E-state index contributed by atoms with van der Waals surface area (Å²) in [5.41, 5.74) is 4.00. The van der Waals surface area contributed by atoms with Gasteiger partial charge in [0.2, 0.25) is 15.9 Å². The maximum Gasteiger partial charge on any atom is 0.241 e. The number of sulfonamides is 1. The molecule has 1 atom stereocenters. The van der Waals surface area contributed by atoms with Crippen molar-refractivity contribution in [2.24, 2.45) is 0 Å². The van der Waals surface area contributed by atoms with E-state index >= 15 is 0 Å². The lowest BCUT2D eigenvalue weighted by Crippen LogP contribution is -2.51. The van der Waals surface area contributed by atoms with Gasteiger partial charge in [-0.25, -0.2) is 8.42 Å². The van der Waals surface area contributed by atoms with Gasteiger partial charge in [-0.1, -0.05) is 72.8 Å². The number of rotatable bonds is 16. The van der Waals surface area contributed by atoms with E-state index in [1.54, 1.807) is 23.4 Å². The smallest absolute Gasteiger partial charge is 0.241 e. The molecule has 2 aromatic carbocycles. The highest BCUT2D eigenvalue weighted by atomic mass is 32.2. The van der Waals surface area contributed by atoms with Crippen molar-refractivity contribution < 1.29 is 13.2 Å². The van der Waals surface area contributed by atoms with Crippen LogP contribution in [0.5, 0.6) is 0 Å². The average molecular weight is 611 g/mol. The van der Waals surface area contributed by atoms with E-state index < -0.39 is 16.1 Å². The largest absolute Gasteiger partial charge is 0.341 e. The second-order valence-corrected chi connectivity index (χ2v) is 13.0. The zero-order chi connectivity index (χ0) is 31.2. The van der Waals surface area contributed by atoms with Crippen molar-refractivity contribution >= 4 is 22.0 Å². The second-order valence-electron chi connectivity index (χ2n) is 11.1. The Hall–Kier alpha value is -4.14. The van der Waals surface area contributed by atoms with Gasteiger partial charge in [0.1, 0.15) is 6.04 Å². The summed E-state index contributed by atoms with van der Waals surface area (Å²) < 4.78 is 28.3. The molecule has 0 spiro atoms. The molecule has 0 saturated carbocycles. The van der Waals surface area contributed by atoms with Gasteiger partial charge in [0.25, 0.3) is 0 Å². The minimum atomic E-state index is -3.90. The van der Waals surface area contributed by atoms with Crippen molar-refractivity contribution in [2.45, 2.75) is 57.0 Å². The van der Waals surface area contributed by atoms with E-state index in [0.717, 1.165) is 60.8 Å². The molecule has 0 unspecified atom stereocenters. The third-order valence-electron chi connectivity index (χ3n) is 7.98. The molecule has 0 fully saturated rings. The van der Waals surface area contributed by atoms with Gasteiger partial charge in [-0.3, -0.25) is 14.8 Å². The van der Waals surface area contributed by atoms with Crippen LogP contribution >= 0.6 is 0 Å². The first-order valence-corrected chi connectivity index (χ1v) is 16.6. The van der Waals surface area contributed by atoms with Gasteiger partial charge in [0.05, 0.1) is 0 Å². The van der Waals surface area contributed by atoms with E-state index in [9.17, 15) is 13.2 Å². The minimum Gasteiger partial charge on any atom is -0.341 e. The van der Waals surface area contributed by atoms with Gasteiger partial charge in [0.15, 0.2) is 0 Å². The van der Waals surface area contributed by atoms with Crippen molar-refractivity contribution in [2.75, 3.05) is 14.1 Å². The molecule has 44 heavy (non-hydrogen) atoms. The Balaban J connectivity index is 1.54. The third-order valence-corrected chi connectivity index (χ3v) is 9.51. The predicted molar refractivity (Wildman–Crippen MR) is 177 cm³/mol. The molecule has 1 amide bonds. The van der Waals surface area contributed by atoms with Crippen LogP contribution in [-0.4, -0.2) is 59.7 Å². The number of carbonyl (C=O) groups excluding carboxylic acids is 1. The van der Waals surface area contributed by atoms with Crippen LogP contribution in [0.1, 0.15) is 47.9 Å². The Morgan fingerprint density at radius 3 is 1.80 bits per heavy atom. The fourth-order valence-electron chi connectivity index (χ4n) is 5.33. The highest BCUT2D eigenvalue weighted by Gasteiger charge is 2.34. The number of aromatic nitrogens is 2. The zero-order valence-corrected chi connectivity index (χ0v) is 26.4. The molecule has 0 N–H and O–H groups in total. The molecule has 0 aliphatic heterocycles. The number of hydrogen-bond acceptors (Lipinski definition) is 5. The van der Waals surface area contributed by atoms with E-state index in [0.29, 0.717) is 0 Å². The summed E-state index contributed by atoms with van der Waals surface area (Å²) in [7, 11) is -0.574. The van der Waals surface area contributed by atoms with Crippen LogP contribution in [0.2, 0.25) is 0 Å². The summed E-state index contributed by atoms with van der Waals surface area (Å²) in [4.78, 5) is 24.5. The molecule has 7 nitrogen and oxygen atoms in total. The number of likely N-dealkylation sites (N-methyl/N-ethyl adjacent to an activating group) is 2. The van der Waals surface area contributed by atoms with Crippen molar-refractivity contribution in [3.63, 3.8) is 0 Å². The summed E-state index contributed by atoms with van der Waals surface area (Å²) in [5.74, 6) is -0.208. The molecule has 8 heteroatoms. The van der Waals surface area contributed by atoms with Gasteiger partial charge in [-0.15, -0.1) is 0 Å². The molecule has 230 valence electrons. The quantitative estimate of drug-likeness (QED) is 0.151. The van der Waals surface area contributed by atoms with E-state index in [-0.39, 0.29) is 18.4 Å². The SMILES string of the molecule is CN(C(=O)[C@H](Cc1ccccc1)N(C)S(=O)(=O)C=Cc1ccccc1)C(CCCc1cccnc1)CCCc1cccnc1. The summed E-state index contributed by atoms with van der Waals surface area (Å²) in [5, 5.41) is 1.19. The number of carbonyl (C=O) groups is 1. The Labute approximate surface area is 262 Å². The number of nitrogens with zero attached hydrogens (tertiary/aromatic N) is 4. The first-order valence-electron chi connectivity index (χ1n) is 15.1. The number of amides is 1. The molecule has 0 radical (unpaired) electrons.